The molecule has 1 aromatic heterocycles. The lowest BCUT2D eigenvalue weighted by molar-refractivity contribution is -0.135. The van der Waals surface area contributed by atoms with Crippen molar-refractivity contribution in [1.82, 2.24) is 14.5 Å². The van der Waals surface area contributed by atoms with Crippen LogP contribution in [0.25, 0.3) is 11.0 Å². The van der Waals surface area contributed by atoms with Crippen molar-refractivity contribution in [3.63, 3.8) is 0 Å². The summed E-state index contributed by atoms with van der Waals surface area (Å²) >= 11 is 0. The average Bonchev–Trinajstić information content (AvgIpc) is 2.87. The lowest BCUT2D eigenvalue weighted by Crippen LogP contribution is -2.44. The Labute approximate surface area is 145 Å². The second-order valence-corrected chi connectivity index (χ2v) is 7.23. The fraction of sp³-hybridized carbons (Fsp3) is 0.526. The molecular weight excluding hydrogens is 318 g/mol. The summed E-state index contributed by atoms with van der Waals surface area (Å²) in [5.74, 6) is -0.174. The van der Waals surface area contributed by atoms with Crippen molar-refractivity contribution < 1.29 is 9.59 Å². The normalized spacial score (nSPS) is 22.4. The summed E-state index contributed by atoms with van der Waals surface area (Å²) in [6.45, 7) is 0. The third-order valence-corrected chi connectivity index (χ3v) is 5.70. The Hall–Kier alpha value is -2.37. The second kappa shape index (κ2) is 6.17. The Morgan fingerprint density at radius 1 is 1.04 bits per heavy atom. The molecule has 6 heteroatoms. The molecule has 4 rings (SSSR count). The van der Waals surface area contributed by atoms with Crippen molar-refractivity contribution in [2.24, 2.45) is 7.05 Å². The van der Waals surface area contributed by atoms with E-state index in [0.29, 0.717) is 12.3 Å². The zero-order valence-corrected chi connectivity index (χ0v) is 14.5. The van der Waals surface area contributed by atoms with Crippen molar-refractivity contribution >= 4 is 22.8 Å². The number of carbonyl (C=O) groups excluding carboxylic acids is 2. The minimum Gasteiger partial charge on any atom is -0.295 e. The van der Waals surface area contributed by atoms with Gasteiger partial charge in [-0.3, -0.25) is 24.0 Å². The van der Waals surface area contributed by atoms with Crippen LogP contribution in [0.3, 0.4) is 0 Å². The van der Waals surface area contributed by atoms with Crippen LogP contribution in [0.2, 0.25) is 0 Å². The first-order valence-corrected chi connectivity index (χ1v) is 9.11. The number of carbonyl (C=O) groups is 2. The lowest BCUT2D eigenvalue weighted by atomic mass is 9.83. The number of fused-ring (bicyclic) bond motifs is 1. The quantitative estimate of drug-likeness (QED) is 0.852. The zero-order chi connectivity index (χ0) is 17.6. The smallest absolute Gasteiger partial charge is 0.295 e. The van der Waals surface area contributed by atoms with Crippen LogP contribution in [-0.4, -0.2) is 20.9 Å². The summed E-state index contributed by atoms with van der Waals surface area (Å²) in [7, 11) is 1.78. The van der Waals surface area contributed by atoms with E-state index in [1.165, 1.54) is 24.8 Å². The van der Waals surface area contributed by atoms with Gasteiger partial charge in [0.15, 0.2) is 0 Å². The second-order valence-electron chi connectivity index (χ2n) is 7.23. The highest BCUT2D eigenvalue weighted by Crippen LogP contribution is 2.36. The van der Waals surface area contributed by atoms with Crippen molar-refractivity contribution in [2.45, 2.75) is 56.9 Å². The van der Waals surface area contributed by atoms with Crippen LogP contribution in [0.15, 0.2) is 23.0 Å². The summed E-state index contributed by atoms with van der Waals surface area (Å²) in [5, 5.41) is 2.36. The van der Waals surface area contributed by atoms with Gasteiger partial charge < -0.3 is 0 Å². The van der Waals surface area contributed by atoms with E-state index in [4.69, 9.17) is 0 Å². The average molecular weight is 341 g/mol. The van der Waals surface area contributed by atoms with Gasteiger partial charge in [-0.15, -0.1) is 0 Å². The monoisotopic (exact) mass is 341 g/mol. The predicted octanol–water partition coefficient (Wildman–Crippen LogP) is 2.37. The topological polar surface area (TPSA) is 73.1 Å². The van der Waals surface area contributed by atoms with Gasteiger partial charge in [0.05, 0.1) is 11.0 Å². The highest BCUT2D eigenvalue weighted by molar-refractivity contribution is 6.00. The van der Waals surface area contributed by atoms with Crippen molar-refractivity contribution in [3.05, 3.63) is 34.2 Å². The number of imidazole rings is 1. The number of piperidine rings is 1. The number of aromatic nitrogens is 2. The number of amides is 2. The largest absolute Gasteiger partial charge is 0.329 e. The molecule has 1 unspecified atom stereocenters. The molecule has 132 valence electrons. The number of benzene rings is 1. The summed E-state index contributed by atoms with van der Waals surface area (Å²) in [6, 6.07) is 5.39. The molecule has 2 amide bonds. The third kappa shape index (κ3) is 2.60. The van der Waals surface area contributed by atoms with E-state index in [-0.39, 0.29) is 23.9 Å². The van der Waals surface area contributed by atoms with Crippen LogP contribution in [0.5, 0.6) is 0 Å². The Kier molecular flexibility index (Phi) is 3.98. The molecule has 2 aromatic rings. The Balaban J connectivity index is 1.86. The van der Waals surface area contributed by atoms with Gasteiger partial charge in [0.2, 0.25) is 11.8 Å². The standard InChI is InChI=1S/C19H23N3O3/c1-21-17-13(12-6-3-2-4-7-12)8-5-9-14(17)22(19(21)25)15-10-11-16(23)20-18(15)24/h5,8-9,12,15H,2-4,6-7,10-11H2,1H3,(H,20,23,24). The van der Waals surface area contributed by atoms with Gasteiger partial charge in [0.1, 0.15) is 6.04 Å². The Morgan fingerprint density at radius 2 is 1.80 bits per heavy atom. The number of nitrogens with one attached hydrogen (secondary N) is 1. The molecule has 0 radical (unpaired) electrons. The molecule has 6 nitrogen and oxygen atoms in total. The summed E-state index contributed by atoms with van der Waals surface area (Å²) in [6.07, 6.45) is 6.67. The first kappa shape index (κ1) is 16.1. The SMILES string of the molecule is Cn1c(=O)n(C2CCC(=O)NC2=O)c2cccc(C3CCCCC3)c21. The number of aryl methyl sites for hydroxylation is 1. The number of hydrogen-bond donors (Lipinski definition) is 1. The molecule has 0 spiro atoms. The molecule has 25 heavy (non-hydrogen) atoms. The van der Waals surface area contributed by atoms with Gasteiger partial charge in [-0.05, 0) is 36.8 Å². The van der Waals surface area contributed by atoms with Crippen LogP contribution in [0.1, 0.15) is 62.5 Å². The summed E-state index contributed by atoms with van der Waals surface area (Å²) in [5.41, 5.74) is 2.75. The molecular formula is C19H23N3O3. The summed E-state index contributed by atoms with van der Waals surface area (Å²) in [4.78, 5) is 36.6. The minimum absolute atomic E-state index is 0.187. The Morgan fingerprint density at radius 3 is 2.52 bits per heavy atom. The van der Waals surface area contributed by atoms with Gasteiger partial charge in [0.25, 0.3) is 0 Å². The molecule has 1 saturated carbocycles. The maximum Gasteiger partial charge on any atom is 0.329 e. The molecule has 1 N–H and O–H groups in total. The molecule has 1 aliphatic heterocycles. The maximum atomic E-state index is 12.9. The van der Waals surface area contributed by atoms with E-state index >= 15 is 0 Å². The van der Waals surface area contributed by atoms with E-state index in [0.717, 1.165) is 23.9 Å². The number of hydrogen-bond acceptors (Lipinski definition) is 3. The van der Waals surface area contributed by atoms with E-state index in [1.54, 1.807) is 16.2 Å². The van der Waals surface area contributed by atoms with E-state index in [1.807, 2.05) is 12.1 Å². The number of para-hydroxylation sites is 1. The van der Waals surface area contributed by atoms with Crippen LogP contribution in [0, 0.1) is 0 Å². The molecule has 1 atom stereocenters. The lowest BCUT2D eigenvalue weighted by Gasteiger charge is -2.24. The van der Waals surface area contributed by atoms with Crippen LogP contribution >= 0.6 is 0 Å². The molecule has 2 heterocycles. The zero-order valence-electron chi connectivity index (χ0n) is 14.5. The van der Waals surface area contributed by atoms with Gasteiger partial charge >= 0.3 is 5.69 Å². The van der Waals surface area contributed by atoms with E-state index in [2.05, 4.69) is 11.4 Å². The van der Waals surface area contributed by atoms with Gasteiger partial charge in [-0.1, -0.05) is 31.4 Å². The van der Waals surface area contributed by atoms with Gasteiger partial charge in [0, 0.05) is 13.5 Å². The fourth-order valence-electron chi connectivity index (χ4n) is 4.44. The van der Waals surface area contributed by atoms with Crippen molar-refractivity contribution in [2.75, 3.05) is 0 Å². The first-order valence-electron chi connectivity index (χ1n) is 9.11. The minimum atomic E-state index is -0.615. The maximum absolute atomic E-state index is 12.9. The molecule has 0 bridgehead atoms. The van der Waals surface area contributed by atoms with E-state index in [9.17, 15) is 14.4 Å². The van der Waals surface area contributed by atoms with E-state index < -0.39 is 6.04 Å². The van der Waals surface area contributed by atoms with Crippen LogP contribution in [0.4, 0.5) is 0 Å². The number of nitrogens with zero attached hydrogens (tertiary/aromatic N) is 2. The van der Waals surface area contributed by atoms with Crippen LogP contribution < -0.4 is 11.0 Å². The number of imide groups is 1. The molecule has 1 saturated heterocycles. The summed E-state index contributed by atoms with van der Waals surface area (Å²) < 4.78 is 3.24. The van der Waals surface area contributed by atoms with Crippen molar-refractivity contribution in [3.8, 4) is 0 Å². The molecule has 2 fully saturated rings. The van der Waals surface area contributed by atoms with Gasteiger partial charge in [-0.2, -0.15) is 0 Å². The Bertz CT molecular complexity index is 903. The highest BCUT2D eigenvalue weighted by atomic mass is 16.2. The third-order valence-electron chi connectivity index (χ3n) is 5.70. The molecule has 2 aliphatic rings. The fourth-order valence-corrected chi connectivity index (χ4v) is 4.44. The molecule has 1 aromatic carbocycles. The van der Waals surface area contributed by atoms with Crippen molar-refractivity contribution in [1.29, 1.82) is 0 Å². The molecule has 1 aliphatic carbocycles. The van der Waals surface area contributed by atoms with Crippen LogP contribution in [-0.2, 0) is 16.6 Å². The first-order chi connectivity index (χ1) is 12.1. The van der Waals surface area contributed by atoms with Gasteiger partial charge in [-0.25, -0.2) is 4.79 Å². The predicted molar refractivity (Wildman–Crippen MR) is 94.4 cm³/mol. The number of rotatable bonds is 2. The highest BCUT2D eigenvalue weighted by Gasteiger charge is 2.32.